The number of rotatable bonds is 8. The maximum atomic E-state index is 13.9. The predicted octanol–water partition coefficient (Wildman–Crippen LogP) is 4.01. The number of urea groups is 2. The van der Waals surface area contributed by atoms with Crippen LogP contribution in [0.15, 0.2) is 98.6 Å². The average Bonchev–Trinajstić information content (AvgIpc) is 3.17. The van der Waals surface area contributed by atoms with Gasteiger partial charge in [-0.05, 0) is 0 Å². The van der Waals surface area contributed by atoms with Crippen molar-refractivity contribution in [1.29, 1.82) is 0 Å². The molecular formula is C25H26N4O2. The Labute approximate surface area is 182 Å². The number of hydrogen-bond donors (Lipinski definition) is 1. The Kier molecular flexibility index (Phi) is 5.15. The van der Waals surface area contributed by atoms with Crippen molar-refractivity contribution < 1.29 is 9.59 Å². The van der Waals surface area contributed by atoms with Crippen LogP contribution in [0.3, 0.4) is 0 Å². The highest BCUT2D eigenvalue weighted by molar-refractivity contribution is 5.90. The van der Waals surface area contributed by atoms with Gasteiger partial charge in [-0.15, -0.1) is 19.7 Å². The van der Waals surface area contributed by atoms with E-state index in [-0.39, 0.29) is 31.7 Å². The number of nitrogens with zero attached hydrogens (tertiary/aromatic N) is 3. The van der Waals surface area contributed by atoms with Gasteiger partial charge in [0.15, 0.2) is 11.3 Å². The van der Waals surface area contributed by atoms with E-state index in [2.05, 4.69) is 25.1 Å². The molecule has 31 heavy (non-hydrogen) atoms. The Hall–Kier alpha value is -3.80. The van der Waals surface area contributed by atoms with E-state index in [1.165, 1.54) is 0 Å². The molecule has 2 unspecified atom stereocenters. The third-order valence-corrected chi connectivity index (χ3v) is 5.99. The average molecular weight is 415 g/mol. The molecule has 158 valence electrons. The lowest BCUT2D eigenvalue weighted by Crippen LogP contribution is -2.63. The van der Waals surface area contributed by atoms with Gasteiger partial charge in [-0.25, -0.2) is 9.59 Å². The molecule has 2 aromatic rings. The summed E-state index contributed by atoms with van der Waals surface area (Å²) in [5.41, 5.74) is -0.708. The molecule has 4 rings (SSSR count). The minimum absolute atomic E-state index is 0.207. The normalized spacial score (nSPS) is 24.7. The molecule has 4 amide bonds. The van der Waals surface area contributed by atoms with Crippen molar-refractivity contribution in [2.24, 2.45) is 0 Å². The predicted molar refractivity (Wildman–Crippen MR) is 121 cm³/mol. The van der Waals surface area contributed by atoms with Gasteiger partial charge >= 0.3 is 12.1 Å². The summed E-state index contributed by atoms with van der Waals surface area (Å²) >= 11 is 0. The Morgan fingerprint density at radius 2 is 1.19 bits per heavy atom. The fourth-order valence-corrected chi connectivity index (χ4v) is 5.00. The quantitative estimate of drug-likeness (QED) is 0.664. The molecule has 0 radical (unpaired) electrons. The van der Waals surface area contributed by atoms with Crippen LogP contribution in [0, 0.1) is 0 Å². The van der Waals surface area contributed by atoms with Crippen molar-refractivity contribution in [3.8, 4) is 0 Å². The second kappa shape index (κ2) is 7.80. The van der Waals surface area contributed by atoms with Crippen LogP contribution < -0.4 is 5.32 Å². The van der Waals surface area contributed by atoms with Crippen molar-refractivity contribution in [3.05, 3.63) is 110 Å². The largest absolute Gasteiger partial charge is 0.325 e. The van der Waals surface area contributed by atoms with Gasteiger partial charge < -0.3 is 5.32 Å². The third kappa shape index (κ3) is 2.57. The molecular weight excluding hydrogens is 388 g/mol. The number of hydrogen-bond acceptors (Lipinski definition) is 2. The molecule has 6 nitrogen and oxygen atoms in total. The highest BCUT2D eigenvalue weighted by Gasteiger charge is 2.76. The molecule has 2 fully saturated rings. The number of amides is 4. The molecule has 0 aliphatic carbocycles. The summed E-state index contributed by atoms with van der Waals surface area (Å²) in [6, 6.07) is 18.8. The molecule has 0 spiro atoms. The summed E-state index contributed by atoms with van der Waals surface area (Å²) < 4.78 is 0. The number of benzene rings is 2. The summed E-state index contributed by atoms with van der Waals surface area (Å²) in [6.45, 7) is 12.4. The standard InChI is InChI=1S/C25H26N4O2/c1-4-17-27-22(30)26-24(20-13-9-7-10-14-20)25(27,21-15-11-8-12-16-21)29(19-6-3)23(31)28(24)18-5-2/h4-16H,1-3,17-19H2,(H,26,30). The van der Waals surface area contributed by atoms with Gasteiger partial charge in [-0.3, -0.25) is 14.7 Å². The molecule has 2 saturated heterocycles. The Bertz CT molecular complexity index is 1010. The minimum atomic E-state index is -1.18. The number of carbonyl (C=O) groups is 2. The molecule has 2 aliphatic heterocycles. The first-order valence-corrected chi connectivity index (χ1v) is 10.2. The van der Waals surface area contributed by atoms with Crippen molar-refractivity contribution in [1.82, 2.24) is 20.0 Å². The van der Waals surface area contributed by atoms with E-state index in [1.54, 1.807) is 32.9 Å². The van der Waals surface area contributed by atoms with E-state index in [4.69, 9.17) is 0 Å². The first-order valence-electron chi connectivity index (χ1n) is 10.2. The lowest BCUT2D eigenvalue weighted by molar-refractivity contribution is -0.0250. The van der Waals surface area contributed by atoms with Gasteiger partial charge in [0.05, 0.1) is 0 Å². The van der Waals surface area contributed by atoms with Gasteiger partial charge in [0.1, 0.15) is 0 Å². The van der Waals surface area contributed by atoms with Crippen LogP contribution in [0.25, 0.3) is 0 Å². The van der Waals surface area contributed by atoms with Gasteiger partial charge in [0.25, 0.3) is 0 Å². The summed E-state index contributed by atoms with van der Waals surface area (Å²) in [6.07, 6.45) is 5.04. The Balaban J connectivity index is 2.15. The number of nitrogens with one attached hydrogen (secondary N) is 1. The SMILES string of the molecule is C=CCN1C(=O)N(CC=C)C2(c3ccccc3)N(CC=C)C(=O)NC12c1ccccc1. The maximum absolute atomic E-state index is 13.9. The molecule has 0 bridgehead atoms. The molecule has 2 heterocycles. The monoisotopic (exact) mass is 414 g/mol. The summed E-state index contributed by atoms with van der Waals surface area (Å²) in [5, 5.41) is 3.19. The molecule has 0 aromatic heterocycles. The highest BCUT2D eigenvalue weighted by atomic mass is 16.2. The van der Waals surface area contributed by atoms with E-state index in [9.17, 15) is 9.59 Å². The zero-order valence-electron chi connectivity index (χ0n) is 17.4. The summed E-state index contributed by atoms with van der Waals surface area (Å²) in [5.74, 6) is 0. The van der Waals surface area contributed by atoms with Crippen molar-refractivity contribution >= 4 is 12.1 Å². The van der Waals surface area contributed by atoms with Gasteiger partial charge in [-0.2, -0.15) is 0 Å². The van der Waals surface area contributed by atoms with Crippen LogP contribution >= 0.6 is 0 Å². The van der Waals surface area contributed by atoms with E-state index < -0.39 is 11.3 Å². The maximum Gasteiger partial charge on any atom is 0.325 e. The molecule has 1 N–H and O–H groups in total. The topological polar surface area (TPSA) is 55.9 Å². The van der Waals surface area contributed by atoms with Crippen LogP contribution in [-0.2, 0) is 11.3 Å². The molecule has 2 aliphatic rings. The van der Waals surface area contributed by atoms with Crippen LogP contribution in [0.2, 0.25) is 0 Å². The second-order valence-electron chi connectivity index (χ2n) is 7.53. The summed E-state index contributed by atoms with van der Waals surface area (Å²) in [7, 11) is 0. The van der Waals surface area contributed by atoms with Crippen LogP contribution in [0.1, 0.15) is 11.1 Å². The van der Waals surface area contributed by atoms with Crippen molar-refractivity contribution in [3.63, 3.8) is 0 Å². The zero-order valence-corrected chi connectivity index (χ0v) is 17.4. The van der Waals surface area contributed by atoms with Crippen LogP contribution in [0.5, 0.6) is 0 Å². The third-order valence-electron chi connectivity index (χ3n) is 5.99. The number of carbonyl (C=O) groups excluding carboxylic acids is 2. The molecule has 2 atom stereocenters. The van der Waals surface area contributed by atoms with E-state index in [1.807, 2.05) is 60.7 Å². The van der Waals surface area contributed by atoms with Gasteiger partial charge in [0, 0.05) is 30.8 Å². The van der Waals surface area contributed by atoms with E-state index in [0.29, 0.717) is 0 Å². The smallest absolute Gasteiger partial charge is 0.307 e. The lowest BCUT2D eigenvalue weighted by Gasteiger charge is -2.48. The molecule has 2 aromatic carbocycles. The van der Waals surface area contributed by atoms with Crippen molar-refractivity contribution in [2.75, 3.05) is 19.6 Å². The highest BCUT2D eigenvalue weighted by Crippen LogP contribution is 2.57. The Morgan fingerprint density at radius 1 is 0.710 bits per heavy atom. The Morgan fingerprint density at radius 3 is 1.74 bits per heavy atom. The van der Waals surface area contributed by atoms with E-state index >= 15 is 0 Å². The minimum Gasteiger partial charge on any atom is -0.307 e. The van der Waals surface area contributed by atoms with Crippen molar-refractivity contribution in [2.45, 2.75) is 11.3 Å². The van der Waals surface area contributed by atoms with Gasteiger partial charge in [0.2, 0.25) is 0 Å². The fourth-order valence-electron chi connectivity index (χ4n) is 5.00. The van der Waals surface area contributed by atoms with Crippen LogP contribution in [0.4, 0.5) is 9.59 Å². The summed E-state index contributed by atoms with van der Waals surface area (Å²) in [4.78, 5) is 32.4. The lowest BCUT2D eigenvalue weighted by atomic mass is 9.80. The number of fused-ring (bicyclic) bond motifs is 1. The first-order chi connectivity index (χ1) is 15.1. The second-order valence-corrected chi connectivity index (χ2v) is 7.53. The van der Waals surface area contributed by atoms with E-state index in [0.717, 1.165) is 11.1 Å². The van der Waals surface area contributed by atoms with Gasteiger partial charge in [-0.1, -0.05) is 78.9 Å². The fraction of sp³-hybridized carbons (Fsp3) is 0.200. The van der Waals surface area contributed by atoms with Crippen LogP contribution in [-0.4, -0.2) is 46.4 Å². The molecule has 6 heteroatoms. The first kappa shape index (κ1) is 20.5. The molecule has 0 saturated carbocycles. The zero-order chi connectivity index (χ0) is 22.1.